The van der Waals surface area contributed by atoms with Gasteiger partial charge in [0, 0.05) is 6.04 Å². The van der Waals surface area contributed by atoms with E-state index in [1.165, 1.54) is 32.4 Å². The number of nitrogens with zero attached hydrogens (tertiary/aromatic N) is 1. The van der Waals surface area contributed by atoms with Gasteiger partial charge in [0.15, 0.2) is 0 Å². The van der Waals surface area contributed by atoms with Crippen molar-refractivity contribution in [3.8, 4) is 0 Å². The van der Waals surface area contributed by atoms with Gasteiger partial charge in [0.25, 0.3) is 0 Å². The third kappa shape index (κ3) is 6.71. The van der Waals surface area contributed by atoms with E-state index < -0.39 is 0 Å². The monoisotopic (exact) mass is 283 g/mol. The number of likely N-dealkylation sites (tertiary alicyclic amines) is 1. The summed E-state index contributed by atoms with van der Waals surface area (Å²) in [4.78, 5) is 14.4. The van der Waals surface area contributed by atoms with E-state index in [0.29, 0.717) is 0 Å². The molecule has 1 saturated heterocycles. The van der Waals surface area contributed by atoms with Crippen LogP contribution >= 0.6 is 0 Å². The van der Waals surface area contributed by atoms with E-state index in [4.69, 9.17) is 0 Å². The SMILES string of the molecule is CCCC(C)NC(=O)C(C)NCCC1CCN(C)CC1. The first-order valence-corrected chi connectivity index (χ1v) is 8.25. The first-order chi connectivity index (χ1) is 9.52. The summed E-state index contributed by atoms with van der Waals surface area (Å²) in [7, 11) is 2.19. The van der Waals surface area contributed by atoms with Gasteiger partial charge in [-0.2, -0.15) is 0 Å². The highest BCUT2D eigenvalue weighted by Gasteiger charge is 2.18. The third-order valence-electron chi connectivity index (χ3n) is 4.34. The van der Waals surface area contributed by atoms with Crippen LogP contribution in [-0.2, 0) is 4.79 Å². The summed E-state index contributed by atoms with van der Waals surface area (Å²) in [6.45, 7) is 9.57. The first kappa shape index (κ1) is 17.4. The number of nitrogens with one attached hydrogen (secondary N) is 2. The minimum absolute atomic E-state index is 0.0828. The summed E-state index contributed by atoms with van der Waals surface area (Å²) in [5, 5.41) is 6.43. The Balaban J connectivity index is 2.12. The topological polar surface area (TPSA) is 44.4 Å². The molecule has 4 nitrogen and oxygen atoms in total. The van der Waals surface area contributed by atoms with Crippen molar-refractivity contribution in [3.63, 3.8) is 0 Å². The van der Waals surface area contributed by atoms with Gasteiger partial charge in [-0.25, -0.2) is 0 Å². The predicted molar refractivity (Wildman–Crippen MR) is 84.8 cm³/mol. The number of carbonyl (C=O) groups excluding carboxylic acids is 1. The lowest BCUT2D eigenvalue weighted by Gasteiger charge is -2.29. The molecule has 0 bridgehead atoms. The summed E-state index contributed by atoms with van der Waals surface area (Å²) < 4.78 is 0. The van der Waals surface area contributed by atoms with Gasteiger partial charge >= 0.3 is 0 Å². The molecule has 0 spiro atoms. The fourth-order valence-electron chi connectivity index (χ4n) is 2.82. The summed E-state index contributed by atoms with van der Waals surface area (Å²) in [6.07, 6.45) is 5.95. The smallest absolute Gasteiger partial charge is 0.237 e. The Morgan fingerprint density at radius 3 is 2.55 bits per heavy atom. The van der Waals surface area contributed by atoms with Crippen LogP contribution in [0.25, 0.3) is 0 Å². The van der Waals surface area contributed by atoms with Gasteiger partial charge in [0.2, 0.25) is 5.91 Å². The van der Waals surface area contributed by atoms with Gasteiger partial charge in [-0.15, -0.1) is 0 Å². The highest BCUT2D eigenvalue weighted by atomic mass is 16.2. The van der Waals surface area contributed by atoms with Gasteiger partial charge in [-0.3, -0.25) is 4.79 Å². The molecule has 1 rings (SSSR count). The second-order valence-electron chi connectivity index (χ2n) is 6.41. The summed E-state index contributed by atoms with van der Waals surface area (Å²) >= 11 is 0. The molecule has 0 aromatic heterocycles. The fourth-order valence-corrected chi connectivity index (χ4v) is 2.82. The Bertz CT molecular complexity index is 275. The molecule has 0 aromatic carbocycles. The van der Waals surface area contributed by atoms with Crippen LogP contribution in [0.15, 0.2) is 0 Å². The molecular weight excluding hydrogens is 250 g/mol. The first-order valence-electron chi connectivity index (χ1n) is 8.25. The highest BCUT2D eigenvalue weighted by Crippen LogP contribution is 2.18. The molecular formula is C16H33N3O. The van der Waals surface area contributed by atoms with E-state index in [2.05, 4.69) is 36.4 Å². The molecule has 0 saturated carbocycles. The van der Waals surface area contributed by atoms with Crippen LogP contribution in [0.5, 0.6) is 0 Å². The lowest BCUT2D eigenvalue weighted by atomic mass is 9.94. The Morgan fingerprint density at radius 1 is 1.30 bits per heavy atom. The van der Waals surface area contributed by atoms with E-state index in [1.807, 2.05) is 6.92 Å². The number of hydrogen-bond donors (Lipinski definition) is 2. The van der Waals surface area contributed by atoms with E-state index in [9.17, 15) is 4.79 Å². The number of amides is 1. The molecule has 1 aliphatic rings. The Labute approximate surface area is 124 Å². The third-order valence-corrected chi connectivity index (χ3v) is 4.34. The van der Waals surface area contributed by atoms with Crippen molar-refractivity contribution in [2.45, 2.75) is 65.0 Å². The molecule has 2 N–H and O–H groups in total. The van der Waals surface area contributed by atoms with Gasteiger partial charge < -0.3 is 15.5 Å². The van der Waals surface area contributed by atoms with Crippen LogP contribution < -0.4 is 10.6 Å². The fraction of sp³-hybridized carbons (Fsp3) is 0.938. The Hall–Kier alpha value is -0.610. The normalized spacial score (nSPS) is 20.6. The van der Waals surface area contributed by atoms with Gasteiger partial charge in [-0.1, -0.05) is 13.3 Å². The van der Waals surface area contributed by atoms with E-state index in [-0.39, 0.29) is 18.0 Å². The number of rotatable bonds is 8. The lowest BCUT2D eigenvalue weighted by molar-refractivity contribution is -0.123. The average Bonchev–Trinajstić information content (AvgIpc) is 2.41. The van der Waals surface area contributed by atoms with Crippen molar-refractivity contribution in [2.24, 2.45) is 5.92 Å². The summed E-state index contributed by atoms with van der Waals surface area (Å²) in [5.41, 5.74) is 0. The quantitative estimate of drug-likeness (QED) is 0.716. The van der Waals surface area contributed by atoms with Crippen LogP contribution in [0.3, 0.4) is 0 Å². The molecule has 1 aliphatic heterocycles. The maximum Gasteiger partial charge on any atom is 0.237 e. The van der Waals surface area contributed by atoms with Crippen LogP contribution in [0, 0.1) is 5.92 Å². The second kappa shape index (κ2) is 9.35. The molecule has 4 heteroatoms. The zero-order valence-electron chi connectivity index (χ0n) is 13.7. The Kier molecular flexibility index (Phi) is 8.15. The molecule has 118 valence electrons. The molecule has 20 heavy (non-hydrogen) atoms. The maximum atomic E-state index is 12.0. The zero-order valence-corrected chi connectivity index (χ0v) is 13.7. The molecule has 0 aromatic rings. The second-order valence-corrected chi connectivity index (χ2v) is 6.41. The van der Waals surface area contributed by atoms with Crippen molar-refractivity contribution in [3.05, 3.63) is 0 Å². The van der Waals surface area contributed by atoms with Crippen molar-refractivity contribution < 1.29 is 4.79 Å². The Morgan fingerprint density at radius 2 is 1.95 bits per heavy atom. The predicted octanol–water partition coefficient (Wildman–Crippen LogP) is 2.00. The van der Waals surface area contributed by atoms with E-state index >= 15 is 0 Å². The number of piperidine rings is 1. The van der Waals surface area contributed by atoms with Crippen LogP contribution in [0.4, 0.5) is 0 Å². The highest BCUT2D eigenvalue weighted by molar-refractivity contribution is 5.81. The minimum Gasteiger partial charge on any atom is -0.352 e. The largest absolute Gasteiger partial charge is 0.352 e. The lowest BCUT2D eigenvalue weighted by Crippen LogP contribution is -2.46. The standard InChI is InChI=1S/C16H33N3O/c1-5-6-13(2)18-16(20)14(3)17-10-7-15-8-11-19(4)12-9-15/h13-15,17H,5-12H2,1-4H3,(H,18,20). The van der Waals surface area contributed by atoms with Crippen LogP contribution in [0.1, 0.15) is 52.9 Å². The van der Waals surface area contributed by atoms with Gasteiger partial charge in [-0.05, 0) is 72.1 Å². The molecule has 0 radical (unpaired) electrons. The van der Waals surface area contributed by atoms with Crippen LogP contribution in [-0.4, -0.2) is 49.6 Å². The maximum absolute atomic E-state index is 12.0. The number of carbonyl (C=O) groups is 1. The van der Waals surface area contributed by atoms with Crippen LogP contribution in [0.2, 0.25) is 0 Å². The molecule has 0 aliphatic carbocycles. The summed E-state index contributed by atoms with van der Waals surface area (Å²) in [5.74, 6) is 0.960. The molecule has 1 fully saturated rings. The average molecular weight is 283 g/mol. The minimum atomic E-state index is -0.0828. The van der Waals surface area contributed by atoms with Crippen molar-refractivity contribution >= 4 is 5.91 Å². The number of hydrogen-bond acceptors (Lipinski definition) is 3. The van der Waals surface area contributed by atoms with Crippen molar-refractivity contribution in [1.29, 1.82) is 0 Å². The molecule has 2 atom stereocenters. The van der Waals surface area contributed by atoms with E-state index in [1.54, 1.807) is 0 Å². The van der Waals surface area contributed by atoms with E-state index in [0.717, 1.165) is 25.3 Å². The molecule has 1 heterocycles. The molecule has 1 amide bonds. The summed E-state index contributed by atoms with van der Waals surface area (Å²) in [6, 6.07) is 0.200. The van der Waals surface area contributed by atoms with Crippen molar-refractivity contribution in [1.82, 2.24) is 15.5 Å². The zero-order chi connectivity index (χ0) is 15.0. The van der Waals surface area contributed by atoms with Crippen molar-refractivity contribution in [2.75, 3.05) is 26.7 Å². The molecule has 2 unspecified atom stereocenters. The van der Waals surface area contributed by atoms with Gasteiger partial charge in [0.05, 0.1) is 6.04 Å². The van der Waals surface area contributed by atoms with Gasteiger partial charge in [0.1, 0.15) is 0 Å².